The average Bonchev–Trinajstić information content (AvgIpc) is 2.32. The van der Waals surface area contributed by atoms with Crippen molar-refractivity contribution < 1.29 is 18.6 Å². The second kappa shape index (κ2) is 2.67. The van der Waals surface area contributed by atoms with Gasteiger partial charge in [-0.25, -0.2) is 8.78 Å². The molecule has 0 saturated heterocycles. The van der Waals surface area contributed by atoms with Crippen LogP contribution in [-0.2, 0) is 0 Å². The zero-order chi connectivity index (χ0) is 9.59. The first-order valence-electron chi connectivity index (χ1n) is 3.93. The number of ether oxygens (including phenoxy) is 1. The topological polar surface area (TPSA) is 29.5 Å². The number of halogens is 2. The zero-order valence-corrected chi connectivity index (χ0v) is 6.92. The maximum Gasteiger partial charge on any atom is 0.168 e. The predicted octanol–water partition coefficient (Wildman–Crippen LogP) is 1.78. The minimum atomic E-state index is -0.944. The van der Waals surface area contributed by atoms with E-state index in [-0.39, 0.29) is 11.3 Å². The first-order valence-corrected chi connectivity index (χ1v) is 3.93. The fraction of sp³-hybridized carbons (Fsp3) is 0.333. The molecule has 0 radical (unpaired) electrons. The normalized spacial score (nSPS) is 25.5. The van der Waals surface area contributed by atoms with E-state index < -0.39 is 23.8 Å². The largest absolute Gasteiger partial charge is 0.484 e. The van der Waals surface area contributed by atoms with Crippen molar-refractivity contribution in [3.8, 4) is 5.75 Å². The zero-order valence-electron chi connectivity index (χ0n) is 6.92. The minimum absolute atomic E-state index is 0.0404. The Balaban J connectivity index is 2.57. The van der Waals surface area contributed by atoms with Crippen LogP contribution in [0.3, 0.4) is 0 Å². The molecular weight excluding hydrogens is 178 g/mol. The Morgan fingerprint density at radius 3 is 2.77 bits per heavy atom. The highest BCUT2D eigenvalue weighted by Crippen LogP contribution is 2.38. The summed E-state index contributed by atoms with van der Waals surface area (Å²) in [5, 5.41) is 9.44. The van der Waals surface area contributed by atoms with Gasteiger partial charge in [-0.05, 0) is 13.0 Å². The SMILES string of the molecule is C[C@@H]1Oc2c(F)cc(F)cc2C1O. The molecule has 13 heavy (non-hydrogen) atoms. The van der Waals surface area contributed by atoms with Gasteiger partial charge in [-0.1, -0.05) is 0 Å². The molecule has 1 heterocycles. The van der Waals surface area contributed by atoms with Crippen LogP contribution in [0, 0.1) is 11.6 Å². The van der Waals surface area contributed by atoms with Crippen LogP contribution in [0.4, 0.5) is 8.78 Å². The fourth-order valence-electron chi connectivity index (χ4n) is 1.43. The van der Waals surface area contributed by atoms with Gasteiger partial charge in [0.2, 0.25) is 0 Å². The third-order valence-electron chi connectivity index (χ3n) is 2.10. The monoisotopic (exact) mass is 186 g/mol. The highest BCUT2D eigenvalue weighted by molar-refractivity contribution is 5.41. The van der Waals surface area contributed by atoms with Crippen LogP contribution in [0.15, 0.2) is 12.1 Å². The van der Waals surface area contributed by atoms with Crippen molar-refractivity contribution in [2.75, 3.05) is 0 Å². The van der Waals surface area contributed by atoms with Gasteiger partial charge in [0.25, 0.3) is 0 Å². The molecule has 0 aromatic heterocycles. The molecule has 2 nitrogen and oxygen atoms in total. The van der Waals surface area contributed by atoms with Crippen molar-refractivity contribution >= 4 is 0 Å². The van der Waals surface area contributed by atoms with E-state index >= 15 is 0 Å². The van der Waals surface area contributed by atoms with Crippen molar-refractivity contribution in [2.24, 2.45) is 0 Å². The van der Waals surface area contributed by atoms with Gasteiger partial charge < -0.3 is 9.84 Å². The summed E-state index contributed by atoms with van der Waals surface area (Å²) in [4.78, 5) is 0. The van der Waals surface area contributed by atoms with E-state index in [2.05, 4.69) is 0 Å². The molecule has 1 N–H and O–H groups in total. The maximum absolute atomic E-state index is 13.0. The lowest BCUT2D eigenvalue weighted by Crippen LogP contribution is -2.12. The van der Waals surface area contributed by atoms with E-state index in [4.69, 9.17) is 4.74 Å². The Bertz CT molecular complexity index is 352. The van der Waals surface area contributed by atoms with E-state index in [0.29, 0.717) is 0 Å². The molecule has 2 atom stereocenters. The summed E-state index contributed by atoms with van der Waals surface area (Å²) < 4.78 is 30.8. The molecule has 0 amide bonds. The van der Waals surface area contributed by atoms with Crippen molar-refractivity contribution in [2.45, 2.75) is 19.1 Å². The lowest BCUT2D eigenvalue weighted by Gasteiger charge is -2.06. The highest BCUT2D eigenvalue weighted by Gasteiger charge is 2.32. The Hall–Kier alpha value is -1.16. The number of aliphatic hydroxyl groups is 1. The van der Waals surface area contributed by atoms with Gasteiger partial charge in [0.05, 0.1) is 0 Å². The Morgan fingerprint density at radius 2 is 2.08 bits per heavy atom. The summed E-state index contributed by atoms with van der Waals surface area (Å²) in [6, 6.07) is 1.83. The molecule has 4 heteroatoms. The molecule has 70 valence electrons. The molecule has 0 bridgehead atoms. The van der Waals surface area contributed by atoms with Gasteiger partial charge in [-0.15, -0.1) is 0 Å². The number of hydrogen-bond acceptors (Lipinski definition) is 2. The second-order valence-electron chi connectivity index (χ2n) is 3.07. The van der Waals surface area contributed by atoms with Crippen LogP contribution < -0.4 is 4.74 Å². The van der Waals surface area contributed by atoms with E-state index in [1.807, 2.05) is 0 Å². The summed E-state index contributed by atoms with van der Waals surface area (Å²) in [6.07, 6.45) is -1.47. The van der Waals surface area contributed by atoms with Gasteiger partial charge in [0.15, 0.2) is 11.6 Å². The standard InChI is InChI=1S/C9H8F2O2/c1-4-8(12)6-2-5(10)3-7(11)9(6)13-4/h2-4,8,12H,1H3/t4-,8?/m0/s1. The first kappa shape index (κ1) is 8.44. The average molecular weight is 186 g/mol. The van der Waals surface area contributed by atoms with E-state index in [9.17, 15) is 13.9 Å². The molecule has 0 fully saturated rings. The van der Waals surface area contributed by atoms with Crippen LogP contribution in [0.1, 0.15) is 18.6 Å². The van der Waals surface area contributed by atoms with E-state index in [1.54, 1.807) is 6.92 Å². The molecule has 0 spiro atoms. The Kier molecular flexibility index (Phi) is 1.73. The first-order chi connectivity index (χ1) is 6.09. The second-order valence-corrected chi connectivity index (χ2v) is 3.07. The van der Waals surface area contributed by atoms with Crippen molar-refractivity contribution in [1.82, 2.24) is 0 Å². The smallest absolute Gasteiger partial charge is 0.168 e. The lowest BCUT2D eigenvalue weighted by atomic mass is 10.1. The van der Waals surface area contributed by atoms with Crippen molar-refractivity contribution in [3.63, 3.8) is 0 Å². The number of benzene rings is 1. The Morgan fingerprint density at radius 1 is 1.38 bits per heavy atom. The molecule has 0 saturated carbocycles. The van der Waals surface area contributed by atoms with Crippen LogP contribution >= 0.6 is 0 Å². The third-order valence-corrected chi connectivity index (χ3v) is 2.10. The van der Waals surface area contributed by atoms with Gasteiger partial charge in [-0.2, -0.15) is 0 Å². The lowest BCUT2D eigenvalue weighted by molar-refractivity contribution is 0.0782. The molecular formula is C9H8F2O2. The summed E-state index contributed by atoms with van der Waals surface area (Å²) >= 11 is 0. The van der Waals surface area contributed by atoms with E-state index in [1.165, 1.54) is 0 Å². The number of hydrogen-bond donors (Lipinski definition) is 1. The van der Waals surface area contributed by atoms with Gasteiger partial charge in [0.1, 0.15) is 18.0 Å². The quantitative estimate of drug-likeness (QED) is 0.669. The fourth-order valence-corrected chi connectivity index (χ4v) is 1.43. The number of rotatable bonds is 0. The highest BCUT2D eigenvalue weighted by atomic mass is 19.1. The molecule has 1 aromatic carbocycles. The molecule has 1 aliphatic heterocycles. The van der Waals surface area contributed by atoms with Gasteiger partial charge in [-0.3, -0.25) is 0 Å². The molecule has 1 aromatic rings. The number of fused-ring (bicyclic) bond motifs is 1. The van der Waals surface area contributed by atoms with Gasteiger partial charge in [0, 0.05) is 11.6 Å². The van der Waals surface area contributed by atoms with Gasteiger partial charge >= 0.3 is 0 Å². The Labute approximate surface area is 73.8 Å². The predicted molar refractivity (Wildman–Crippen MR) is 41.4 cm³/mol. The molecule has 1 aliphatic rings. The summed E-state index contributed by atoms with van der Waals surface area (Å²) in [6.45, 7) is 1.60. The molecule has 1 unspecified atom stereocenters. The summed E-state index contributed by atoms with van der Waals surface area (Å²) in [7, 11) is 0. The number of aliphatic hydroxyl groups excluding tert-OH is 1. The van der Waals surface area contributed by atoms with Crippen molar-refractivity contribution in [3.05, 3.63) is 29.3 Å². The van der Waals surface area contributed by atoms with Crippen LogP contribution in [0.25, 0.3) is 0 Å². The van der Waals surface area contributed by atoms with Crippen LogP contribution in [0.5, 0.6) is 5.75 Å². The molecule has 2 rings (SSSR count). The molecule has 0 aliphatic carbocycles. The summed E-state index contributed by atoms with van der Waals surface area (Å²) in [5.41, 5.74) is 0.185. The van der Waals surface area contributed by atoms with Crippen molar-refractivity contribution in [1.29, 1.82) is 0 Å². The summed E-state index contributed by atoms with van der Waals surface area (Å²) in [5.74, 6) is -1.51. The van der Waals surface area contributed by atoms with Crippen LogP contribution in [0.2, 0.25) is 0 Å². The minimum Gasteiger partial charge on any atom is -0.484 e. The van der Waals surface area contributed by atoms with E-state index in [0.717, 1.165) is 12.1 Å². The third kappa shape index (κ3) is 1.18. The maximum atomic E-state index is 13.0. The van der Waals surface area contributed by atoms with Crippen LogP contribution in [-0.4, -0.2) is 11.2 Å².